The summed E-state index contributed by atoms with van der Waals surface area (Å²) in [6.07, 6.45) is -0.541. The molecular weight excluding hydrogens is 221 g/mol. The molecule has 1 atom stereocenters. The van der Waals surface area contributed by atoms with E-state index in [1.807, 2.05) is 6.92 Å². The summed E-state index contributed by atoms with van der Waals surface area (Å²) in [6.45, 7) is 4.82. The van der Waals surface area contributed by atoms with Gasteiger partial charge in [0.05, 0.1) is 12.2 Å². The van der Waals surface area contributed by atoms with Crippen molar-refractivity contribution in [3.05, 3.63) is 35.6 Å². The number of ketones is 1. The van der Waals surface area contributed by atoms with Gasteiger partial charge >= 0.3 is 0 Å². The highest BCUT2D eigenvalue weighted by Crippen LogP contribution is 2.14. The van der Waals surface area contributed by atoms with E-state index in [0.717, 1.165) is 13.1 Å². The normalized spacial score (nSPS) is 21.4. The Hall–Kier alpha value is -1.26. The SMILES string of the molecule is CCN1CCOC(C(=O)c2ccccc2F)C1. The minimum atomic E-state index is -0.541. The van der Waals surface area contributed by atoms with Gasteiger partial charge in [-0.1, -0.05) is 19.1 Å². The highest BCUT2D eigenvalue weighted by Gasteiger charge is 2.28. The fourth-order valence-corrected chi connectivity index (χ4v) is 1.98. The molecular formula is C13H16FNO2. The van der Waals surface area contributed by atoms with E-state index < -0.39 is 11.9 Å². The average Bonchev–Trinajstić information content (AvgIpc) is 2.38. The van der Waals surface area contributed by atoms with Gasteiger partial charge in [0.25, 0.3) is 0 Å². The average molecular weight is 237 g/mol. The molecule has 1 unspecified atom stereocenters. The lowest BCUT2D eigenvalue weighted by atomic mass is 10.0. The number of likely N-dealkylation sites (N-methyl/N-ethyl adjacent to an activating group) is 1. The van der Waals surface area contributed by atoms with Crippen LogP contribution < -0.4 is 0 Å². The van der Waals surface area contributed by atoms with Crippen LogP contribution in [-0.2, 0) is 4.74 Å². The molecule has 1 heterocycles. The van der Waals surface area contributed by atoms with Gasteiger partial charge in [-0.05, 0) is 18.7 Å². The van der Waals surface area contributed by atoms with Crippen molar-refractivity contribution in [1.29, 1.82) is 0 Å². The minimum absolute atomic E-state index is 0.121. The van der Waals surface area contributed by atoms with Crippen molar-refractivity contribution >= 4 is 5.78 Å². The number of morpholine rings is 1. The molecule has 1 aromatic carbocycles. The summed E-state index contributed by atoms with van der Waals surface area (Å²) in [6, 6.07) is 6.04. The third kappa shape index (κ3) is 2.70. The van der Waals surface area contributed by atoms with Crippen LogP contribution in [0.1, 0.15) is 17.3 Å². The van der Waals surface area contributed by atoms with Crippen molar-refractivity contribution in [2.24, 2.45) is 0 Å². The van der Waals surface area contributed by atoms with Crippen LogP contribution in [0.2, 0.25) is 0 Å². The lowest BCUT2D eigenvalue weighted by molar-refractivity contribution is -0.0150. The highest BCUT2D eigenvalue weighted by molar-refractivity contribution is 5.99. The van der Waals surface area contributed by atoms with Crippen molar-refractivity contribution in [3.8, 4) is 0 Å². The first kappa shape index (κ1) is 12.2. The highest BCUT2D eigenvalue weighted by atomic mass is 19.1. The van der Waals surface area contributed by atoms with Crippen LogP contribution in [-0.4, -0.2) is 43.0 Å². The Balaban J connectivity index is 2.12. The number of rotatable bonds is 3. The maximum absolute atomic E-state index is 13.5. The minimum Gasteiger partial charge on any atom is -0.367 e. The monoisotopic (exact) mass is 237 g/mol. The number of hydrogen-bond donors (Lipinski definition) is 0. The predicted octanol–water partition coefficient (Wildman–Crippen LogP) is 1.73. The molecule has 3 nitrogen and oxygen atoms in total. The van der Waals surface area contributed by atoms with Crippen molar-refractivity contribution in [3.63, 3.8) is 0 Å². The summed E-state index contributed by atoms with van der Waals surface area (Å²) in [4.78, 5) is 14.2. The van der Waals surface area contributed by atoms with Crippen molar-refractivity contribution in [1.82, 2.24) is 4.90 Å². The first-order chi connectivity index (χ1) is 8.22. The zero-order valence-corrected chi connectivity index (χ0v) is 9.86. The molecule has 17 heavy (non-hydrogen) atoms. The topological polar surface area (TPSA) is 29.5 Å². The molecule has 0 aromatic heterocycles. The Kier molecular flexibility index (Phi) is 3.86. The van der Waals surface area contributed by atoms with Gasteiger partial charge in [0.1, 0.15) is 11.9 Å². The Morgan fingerprint density at radius 1 is 1.53 bits per heavy atom. The molecule has 1 aliphatic heterocycles. The summed E-state index contributed by atoms with van der Waals surface area (Å²) < 4.78 is 18.9. The number of benzene rings is 1. The second-order valence-electron chi connectivity index (χ2n) is 4.10. The number of halogens is 1. The van der Waals surface area contributed by atoms with Crippen LogP contribution in [0.25, 0.3) is 0 Å². The lowest BCUT2D eigenvalue weighted by Crippen LogP contribution is -2.46. The largest absolute Gasteiger partial charge is 0.367 e. The third-order valence-electron chi connectivity index (χ3n) is 3.03. The molecule has 92 valence electrons. The van der Waals surface area contributed by atoms with Crippen LogP contribution in [0.5, 0.6) is 0 Å². The van der Waals surface area contributed by atoms with E-state index >= 15 is 0 Å². The summed E-state index contributed by atoms with van der Waals surface area (Å²) >= 11 is 0. The Bertz CT molecular complexity index is 408. The smallest absolute Gasteiger partial charge is 0.195 e. The van der Waals surface area contributed by atoms with Crippen molar-refractivity contribution < 1.29 is 13.9 Å². The maximum Gasteiger partial charge on any atom is 0.195 e. The van der Waals surface area contributed by atoms with E-state index in [1.165, 1.54) is 12.1 Å². The van der Waals surface area contributed by atoms with E-state index in [4.69, 9.17) is 4.74 Å². The molecule has 0 spiro atoms. The van der Waals surface area contributed by atoms with Gasteiger partial charge in [-0.15, -0.1) is 0 Å². The molecule has 0 N–H and O–H groups in total. The van der Waals surface area contributed by atoms with Gasteiger partial charge in [0, 0.05) is 13.1 Å². The number of hydrogen-bond acceptors (Lipinski definition) is 3. The fourth-order valence-electron chi connectivity index (χ4n) is 1.98. The van der Waals surface area contributed by atoms with E-state index in [0.29, 0.717) is 13.2 Å². The fraction of sp³-hybridized carbons (Fsp3) is 0.462. The Morgan fingerprint density at radius 3 is 3.00 bits per heavy atom. The molecule has 0 amide bonds. The van der Waals surface area contributed by atoms with Crippen LogP contribution in [0, 0.1) is 5.82 Å². The van der Waals surface area contributed by atoms with Crippen LogP contribution in [0.4, 0.5) is 4.39 Å². The zero-order valence-electron chi connectivity index (χ0n) is 9.86. The molecule has 1 saturated heterocycles. The quantitative estimate of drug-likeness (QED) is 0.750. The van der Waals surface area contributed by atoms with Gasteiger partial charge < -0.3 is 4.74 Å². The standard InChI is InChI=1S/C13H16FNO2/c1-2-15-7-8-17-12(9-15)13(16)10-5-3-4-6-11(10)14/h3-6,12H,2,7-9H2,1H3. The Labute approximate surface area is 100 Å². The predicted molar refractivity (Wildman–Crippen MR) is 62.6 cm³/mol. The number of carbonyl (C=O) groups excluding carboxylic acids is 1. The lowest BCUT2D eigenvalue weighted by Gasteiger charge is -2.31. The van der Waals surface area contributed by atoms with E-state index in [2.05, 4.69) is 4.90 Å². The van der Waals surface area contributed by atoms with Crippen LogP contribution in [0.3, 0.4) is 0 Å². The third-order valence-corrected chi connectivity index (χ3v) is 3.03. The van der Waals surface area contributed by atoms with Crippen LogP contribution in [0.15, 0.2) is 24.3 Å². The molecule has 0 saturated carbocycles. The summed E-state index contributed by atoms with van der Waals surface area (Å²) in [5.41, 5.74) is 0.121. The zero-order chi connectivity index (χ0) is 12.3. The summed E-state index contributed by atoms with van der Waals surface area (Å²) in [5.74, 6) is -0.740. The van der Waals surface area contributed by atoms with Crippen LogP contribution >= 0.6 is 0 Å². The molecule has 4 heteroatoms. The molecule has 0 aliphatic carbocycles. The number of nitrogens with zero attached hydrogens (tertiary/aromatic N) is 1. The summed E-state index contributed by atoms with van der Waals surface area (Å²) in [7, 11) is 0. The molecule has 0 radical (unpaired) electrons. The van der Waals surface area contributed by atoms with Gasteiger partial charge in [-0.3, -0.25) is 9.69 Å². The molecule has 1 aliphatic rings. The van der Waals surface area contributed by atoms with Crippen molar-refractivity contribution in [2.45, 2.75) is 13.0 Å². The molecule has 0 bridgehead atoms. The van der Waals surface area contributed by atoms with Crippen molar-refractivity contribution in [2.75, 3.05) is 26.2 Å². The second kappa shape index (κ2) is 5.38. The number of Topliss-reactive ketones (excluding diaryl/α,β-unsaturated/α-hetero) is 1. The van der Waals surface area contributed by atoms with Gasteiger partial charge in [0.15, 0.2) is 5.78 Å². The van der Waals surface area contributed by atoms with Gasteiger partial charge in [-0.25, -0.2) is 4.39 Å². The molecule has 1 aromatic rings. The van der Waals surface area contributed by atoms with E-state index in [1.54, 1.807) is 12.1 Å². The number of ether oxygens (including phenoxy) is 1. The second-order valence-corrected chi connectivity index (χ2v) is 4.10. The number of carbonyl (C=O) groups is 1. The van der Waals surface area contributed by atoms with E-state index in [9.17, 15) is 9.18 Å². The van der Waals surface area contributed by atoms with Gasteiger partial charge in [0.2, 0.25) is 0 Å². The molecule has 1 fully saturated rings. The molecule has 2 rings (SSSR count). The first-order valence-corrected chi connectivity index (χ1v) is 5.85. The maximum atomic E-state index is 13.5. The summed E-state index contributed by atoms with van der Waals surface area (Å²) in [5, 5.41) is 0. The van der Waals surface area contributed by atoms with Gasteiger partial charge in [-0.2, -0.15) is 0 Å². The first-order valence-electron chi connectivity index (χ1n) is 5.85. The van der Waals surface area contributed by atoms with E-state index in [-0.39, 0.29) is 11.3 Å². The Morgan fingerprint density at radius 2 is 2.29 bits per heavy atom.